The number of rotatable bonds is 6. The monoisotopic (exact) mass is 399 g/mol. The number of H-pyrrole nitrogens is 1. The van der Waals surface area contributed by atoms with Crippen molar-refractivity contribution in [3.8, 4) is 11.4 Å². The van der Waals surface area contributed by atoms with Crippen LogP contribution < -0.4 is 10.9 Å². The zero-order chi connectivity index (χ0) is 19.5. The summed E-state index contributed by atoms with van der Waals surface area (Å²) in [6, 6.07) is 9.22. The number of fused-ring (bicyclic) bond motifs is 1. The van der Waals surface area contributed by atoms with E-state index in [0.717, 1.165) is 30.6 Å². The number of aromatic amines is 1. The Morgan fingerprint density at radius 2 is 2.25 bits per heavy atom. The van der Waals surface area contributed by atoms with E-state index in [2.05, 4.69) is 20.4 Å². The highest BCUT2D eigenvalue weighted by Crippen LogP contribution is 2.23. The normalized spacial score (nSPS) is 16.5. The van der Waals surface area contributed by atoms with Crippen molar-refractivity contribution in [1.82, 2.24) is 24.9 Å². The largest absolute Gasteiger partial charge is 0.376 e. The first-order chi connectivity index (χ1) is 13.6. The Bertz CT molecular complexity index is 1060. The van der Waals surface area contributed by atoms with Crippen molar-refractivity contribution in [2.45, 2.75) is 31.0 Å². The van der Waals surface area contributed by atoms with E-state index in [-0.39, 0.29) is 23.3 Å². The first kappa shape index (κ1) is 18.7. The summed E-state index contributed by atoms with van der Waals surface area (Å²) in [5.41, 5.74) is 2.14. The average molecular weight is 399 g/mol. The fourth-order valence-electron chi connectivity index (χ4n) is 3.14. The van der Waals surface area contributed by atoms with Crippen LogP contribution in [0.15, 0.2) is 40.3 Å². The lowest BCUT2D eigenvalue weighted by molar-refractivity contribution is -0.119. The Hall–Kier alpha value is -2.65. The molecule has 28 heavy (non-hydrogen) atoms. The quantitative estimate of drug-likeness (QED) is 0.613. The third-order valence-corrected chi connectivity index (χ3v) is 5.53. The van der Waals surface area contributed by atoms with Gasteiger partial charge >= 0.3 is 0 Å². The third kappa shape index (κ3) is 4.10. The van der Waals surface area contributed by atoms with Gasteiger partial charge in [0.15, 0.2) is 16.6 Å². The minimum absolute atomic E-state index is 0.0980. The van der Waals surface area contributed by atoms with E-state index in [4.69, 9.17) is 4.74 Å². The molecular weight excluding hydrogens is 378 g/mol. The minimum Gasteiger partial charge on any atom is -0.376 e. The number of nitrogens with one attached hydrogen (secondary N) is 2. The van der Waals surface area contributed by atoms with E-state index in [1.807, 2.05) is 31.2 Å². The second-order valence-electron chi connectivity index (χ2n) is 6.69. The smallest absolute Gasteiger partial charge is 0.266 e. The van der Waals surface area contributed by atoms with Crippen molar-refractivity contribution in [1.29, 1.82) is 0 Å². The van der Waals surface area contributed by atoms with Gasteiger partial charge in [-0.15, -0.1) is 0 Å². The van der Waals surface area contributed by atoms with Gasteiger partial charge in [0.25, 0.3) is 5.56 Å². The maximum atomic E-state index is 12.2. The molecule has 4 rings (SSSR count). The first-order valence-electron chi connectivity index (χ1n) is 9.17. The fraction of sp³-hybridized carbons (Fsp3) is 0.368. The van der Waals surface area contributed by atoms with Gasteiger partial charge in [0.05, 0.1) is 11.9 Å². The van der Waals surface area contributed by atoms with E-state index < -0.39 is 0 Å². The van der Waals surface area contributed by atoms with Crippen LogP contribution in [0.3, 0.4) is 0 Å². The van der Waals surface area contributed by atoms with E-state index in [1.165, 1.54) is 22.3 Å². The van der Waals surface area contributed by atoms with E-state index >= 15 is 0 Å². The summed E-state index contributed by atoms with van der Waals surface area (Å²) in [5, 5.41) is 6.09. The van der Waals surface area contributed by atoms with E-state index in [9.17, 15) is 9.59 Å². The topological polar surface area (TPSA) is 101 Å². The van der Waals surface area contributed by atoms with Crippen molar-refractivity contribution >= 4 is 23.3 Å². The molecule has 0 radical (unpaired) electrons. The number of aromatic nitrogens is 4. The molecule has 1 saturated heterocycles. The molecule has 1 unspecified atom stereocenters. The lowest BCUT2D eigenvalue weighted by Gasteiger charge is -2.11. The Morgan fingerprint density at radius 1 is 1.39 bits per heavy atom. The molecule has 1 amide bonds. The number of carbonyl (C=O) groups is 1. The van der Waals surface area contributed by atoms with Gasteiger partial charge in [-0.1, -0.05) is 36.0 Å². The van der Waals surface area contributed by atoms with Crippen LogP contribution in [0.25, 0.3) is 17.0 Å². The molecule has 1 fully saturated rings. The summed E-state index contributed by atoms with van der Waals surface area (Å²) in [6.45, 7) is 3.27. The highest BCUT2D eigenvalue weighted by Gasteiger charge is 2.17. The molecule has 1 atom stereocenters. The van der Waals surface area contributed by atoms with Gasteiger partial charge in [0, 0.05) is 24.8 Å². The summed E-state index contributed by atoms with van der Waals surface area (Å²) in [4.78, 5) is 33.1. The molecule has 2 N–H and O–H groups in total. The van der Waals surface area contributed by atoms with Crippen LogP contribution in [-0.4, -0.2) is 50.5 Å². The Morgan fingerprint density at radius 3 is 3.04 bits per heavy atom. The molecule has 8 nitrogen and oxygen atoms in total. The number of aryl methyl sites for hydroxylation is 1. The van der Waals surface area contributed by atoms with Gasteiger partial charge in [-0.25, -0.2) is 14.5 Å². The maximum absolute atomic E-state index is 12.2. The molecule has 1 aliphatic heterocycles. The number of carbonyl (C=O) groups excluding carboxylic acids is 1. The highest BCUT2D eigenvalue weighted by atomic mass is 32.2. The number of hydrogen-bond acceptors (Lipinski definition) is 6. The lowest BCUT2D eigenvalue weighted by Crippen LogP contribution is -2.33. The zero-order valence-corrected chi connectivity index (χ0v) is 16.3. The van der Waals surface area contributed by atoms with Crippen molar-refractivity contribution in [2.24, 2.45) is 0 Å². The Balaban J connectivity index is 1.54. The van der Waals surface area contributed by atoms with Crippen molar-refractivity contribution in [3.05, 3.63) is 46.2 Å². The van der Waals surface area contributed by atoms with Gasteiger partial charge in [-0.3, -0.25) is 14.7 Å². The summed E-state index contributed by atoms with van der Waals surface area (Å²) in [6.07, 6.45) is 2.12. The van der Waals surface area contributed by atoms with Crippen LogP contribution in [0.2, 0.25) is 0 Å². The SMILES string of the molecule is Cc1ccccc1-c1nc(SCC(=O)NCC2CCCO2)n2[nH]c(=O)cc2n1. The molecule has 0 spiro atoms. The Kier molecular flexibility index (Phi) is 5.45. The van der Waals surface area contributed by atoms with Crippen molar-refractivity contribution < 1.29 is 9.53 Å². The fourth-order valence-corrected chi connectivity index (χ4v) is 3.92. The van der Waals surface area contributed by atoms with E-state index in [1.54, 1.807) is 0 Å². The van der Waals surface area contributed by atoms with Gasteiger partial charge in [-0.05, 0) is 25.3 Å². The van der Waals surface area contributed by atoms with Crippen molar-refractivity contribution in [3.63, 3.8) is 0 Å². The molecule has 3 heterocycles. The van der Waals surface area contributed by atoms with Gasteiger partial charge < -0.3 is 10.1 Å². The van der Waals surface area contributed by atoms with Gasteiger partial charge in [0.2, 0.25) is 5.91 Å². The number of nitrogens with zero attached hydrogens (tertiary/aromatic N) is 3. The van der Waals surface area contributed by atoms with Crippen LogP contribution in [0.1, 0.15) is 18.4 Å². The van der Waals surface area contributed by atoms with Gasteiger partial charge in [-0.2, -0.15) is 0 Å². The second-order valence-corrected chi connectivity index (χ2v) is 7.63. The lowest BCUT2D eigenvalue weighted by atomic mass is 10.1. The third-order valence-electron chi connectivity index (χ3n) is 4.59. The highest BCUT2D eigenvalue weighted by molar-refractivity contribution is 7.99. The minimum atomic E-state index is -0.263. The second kappa shape index (κ2) is 8.15. The molecule has 1 aromatic carbocycles. The molecule has 9 heteroatoms. The Labute approximate surface area is 165 Å². The molecule has 0 aliphatic carbocycles. The van der Waals surface area contributed by atoms with Crippen LogP contribution in [0.5, 0.6) is 0 Å². The summed E-state index contributed by atoms with van der Waals surface area (Å²) < 4.78 is 7.03. The number of hydrogen-bond donors (Lipinski definition) is 2. The first-order valence-corrected chi connectivity index (χ1v) is 10.2. The number of amides is 1. The predicted octanol–water partition coefficient (Wildman–Crippen LogP) is 1.78. The molecule has 3 aromatic rings. The molecule has 0 saturated carbocycles. The molecule has 2 aromatic heterocycles. The van der Waals surface area contributed by atoms with Crippen molar-refractivity contribution in [2.75, 3.05) is 18.9 Å². The molecule has 0 bridgehead atoms. The van der Waals surface area contributed by atoms with Crippen LogP contribution in [-0.2, 0) is 9.53 Å². The van der Waals surface area contributed by atoms with Crippen LogP contribution in [0, 0.1) is 6.92 Å². The summed E-state index contributed by atoms with van der Waals surface area (Å²) >= 11 is 1.26. The zero-order valence-electron chi connectivity index (χ0n) is 15.5. The van der Waals surface area contributed by atoms with E-state index in [0.29, 0.717) is 23.2 Å². The average Bonchev–Trinajstić information content (AvgIpc) is 3.33. The maximum Gasteiger partial charge on any atom is 0.266 e. The van der Waals surface area contributed by atoms with Crippen LogP contribution >= 0.6 is 11.8 Å². The molecule has 1 aliphatic rings. The number of thioether (sulfide) groups is 1. The summed E-state index contributed by atoms with van der Waals surface area (Å²) in [5.74, 6) is 0.616. The standard InChI is InChI=1S/C19H21N5O3S/c1-12-5-2-3-7-14(12)18-21-15-9-16(25)23-24(15)19(22-18)28-11-17(26)20-10-13-6-4-8-27-13/h2-3,5,7,9,13H,4,6,8,10-11H2,1H3,(H,20,26)(H,23,25). The van der Waals surface area contributed by atoms with Crippen LogP contribution in [0.4, 0.5) is 0 Å². The summed E-state index contributed by atoms with van der Waals surface area (Å²) in [7, 11) is 0. The van der Waals surface area contributed by atoms with Gasteiger partial charge in [0.1, 0.15) is 0 Å². The number of ether oxygens (including phenoxy) is 1. The molecule has 146 valence electrons. The molecular formula is C19H21N5O3S. The number of benzene rings is 1. The predicted molar refractivity (Wildman–Crippen MR) is 106 cm³/mol.